The molecule has 0 spiro atoms. The van der Waals surface area contributed by atoms with Gasteiger partial charge in [0.1, 0.15) is 0 Å². The van der Waals surface area contributed by atoms with Crippen molar-refractivity contribution >= 4 is 0 Å². The molecule has 0 unspecified atom stereocenters. The Morgan fingerprint density at radius 2 is 1.46 bits per heavy atom. The smallest absolute Gasteiger partial charge is 0.275 e. The fourth-order valence-electron chi connectivity index (χ4n) is 3.17. The van der Waals surface area contributed by atoms with Gasteiger partial charge in [0.2, 0.25) is 0 Å². The van der Waals surface area contributed by atoms with E-state index in [1.807, 2.05) is 43.3 Å². The van der Waals surface area contributed by atoms with Gasteiger partial charge in [-0.1, -0.05) is 63.2 Å². The third-order valence-corrected chi connectivity index (χ3v) is 4.41. The number of hydrogen-bond donors (Lipinski definition) is 1. The van der Waals surface area contributed by atoms with Crippen LogP contribution in [-0.4, -0.2) is 9.78 Å². The zero-order chi connectivity index (χ0) is 17.5. The van der Waals surface area contributed by atoms with Gasteiger partial charge in [-0.3, -0.25) is 9.89 Å². The first kappa shape index (κ1) is 16.3. The van der Waals surface area contributed by atoms with Crippen LogP contribution in [0.3, 0.4) is 0 Å². The maximum absolute atomic E-state index is 13.2. The van der Waals surface area contributed by atoms with Crippen molar-refractivity contribution in [2.45, 2.75) is 40.0 Å². The van der Waals surface area contributed by atoms with Crippen molar-refractivity contribution in [1.82, 2.24) is 9.78 Å². The maximum atomic E-state index is 13.2. The van der Waals surface area contributed by atoms with Crippen LogP contribution in [0.4, 0.5) is 0 Å². The lowest BCUT2D eigenvalue weighted by Gasteiger charge is -2.18. The van der Waals surface area contributed by atoms with E-state index in [0.717, 1.165) is 33.6 Å². The van der Waals surface area contributed by atoms with Crippen molar-refractivity contribution in [3.05, 3.63) is 75.6 Å². The minimum atomic E-state index is -0.251. The summed E-state index contributed by atoms with van der Waals surface area (Å²) in [5, 5.41) is 3.38. The molecule has 3 aromatic rings. The number of rotatable bonds is 2. The highest BCUT2D eigenvalue weighted by Crippen LogP contribution is 2.31. The third kappa shape index (κ3) is 2.71. The minimum absolute atomic E-state index is 0.0232. The first-order chi connectivity index (χ1) is 11.3. The van der Waals surface area contributed by atoms with E-state index in [1.165, 1.54) is 0 Å². The van der Waals surface area contributed by atoms with Gasteiger partial charge in [0.05, 0.1) is 16.9 Å². The van der Waals surface area contributed by atoms with Gasteiger partial charge in [-0.05, 0) is 36.5 Å². The second-order valence-electron chi connectivity index (χ2n) is 7.35. The Balaban J connectivity index is 2.35. The molecule has 24 heavy (non-hydrogen) atoms. The maximum Gasteiger partial charge on any atom is 0.275 e. The molecule has 2 aromatic carbocycles. The van der Waals surface area contributed by atoms with Gasteiger partial charge in [0.15, 0.2) is 0 Å². The summed E-state index contributed by atoms with van der Waals surface area (Å²) in [5.74, 6) is 0. The standard InChI is InChI=1S/C21H24N2O/c1-14-10-6-8-12-16(14)19-18(21(3,4)5)20(24)23(22-19)17-13-9-7-11-15(17)2/h6-13,22H,1-5H3. The molecule has 3 nitrogen and oxygen atoms in total. The molecule has 0 saturated heterocycles. The Bertz CT molecular complexity index is 939. The summed E-state index contributed by atoms with van der Waals surface area (Å²) < 4.78 is 1.68. The molecule has 0 aliphatic rings. The number of H-pyrrole nitrogens is 1. The molecule has 0 aliphatic heterocycles. The molecule has 1 N–H and O–H groups in total. The van der Waals surface area contributed by atoms with E-state index in [2.05, 4.69) is 44.9 Å². The number of hydrogen-bond acceptors (Lipinski definition) is 1. The monoisotopic (exact) mass is 320 g/mol. The molecule has 3 heteroatoms. The fraction of sp³-hybridized carbons (Fsp3) is 0.286. The number of nitrogens with one attached hydrogen (secondary N) is 1. The van der Waals surface area contributed by atoms with E-state index in [0.29, 0.717) is 0 Å². The molecule has 1 aromatic heterocycles. The van der Waals surface area contributed by atoms with Crippen LogP contribution < -0.4 is 5.56 Å². The summed E-state index contributed by atoms with van der Waals surface area (Å²) in [6.07, 6.45) is 0. The molecular formula is C21H24N2O. The Kier molecular flexibility index (Phi) is 3.96. The van der Waals surface area contributed by atoms with E-state index in [1.54, 1.807) is 4.68 Å². The van der Waals surface area contributed by atoms with Crippen LogP contribution in [0.25, 0.3) is 16.9 Å². The van der Waals surface area contributed by atoms with Gasteiger partial charge in [-0.15, -0.1) is 0 Å². The van der Waals surface area contributed by atoms with Crippen LogP contribution >= 0.6 is 0 Å². The number of aryl methyl sites for hydroxylation is 2. The molecule has 0 fully saturated rings. The Labute approximate surface area is 143 Å². The zero-order valence-corrected chi connectivity index (χ0v) is 15.0. The van der Waals surface area contributed by atoms with E-state index >= 15 is 0 Å². The molecule has 3 rings (SSSR count). The van der Waals surface area contributed by atoms with Crippen LogP contribution in [0, 0.1) is 13.8 Å². The van der Waals surface area contributed by atoms with Crippen molar-refractivity contribution in [3.8, 4) is 16.9 Å². The van der Waals surface area contributed by atoms with E-state index < -0.39 is 0 Å². The normalized spacial score (nSPS) is 11.7. The largest absolute Gasteiger partial charge is 0.290 e. The van der Waals surface area contributed by atoms with Gasteiger partial charge in [-0.25, -0.2) is 4.68 Å². The second-order valence-corrected chi connectivity index (χ2v) is 7.35. The summed E-state index contributed by atoms with van der Waals surface area (Å²) >= 11 is 0. The van der Waals surface area contributed by atoms with E-state index in [-0.39, 0.29) is 11.0 Å². The first-order valence-corrected chi connectivity index (χ1v) is 8.28. The second kappa shape index (κ2) is 5.82. The van der Waals surface area contributed by atoms with Crippen LogP contribution in [0.1, 0.15) is 37.5 Å². The molecule has 0 saturated carbocycles. The van der Waals surface area contributed by atoms with Gasteiger partial charge >= 0.3 is 0 Å². The molecule has 1 heterocycles. The average molecular weight is 320 g/mol. The highest BCUT2D eigenvalue weighted by molar-refractivity contribution is 5.68. The van der Waals surface area contributed by atoms with Gasteiger partial charge in [-0.2, -0.15) is 0 Å². The van der Waals surface area contributed by atoms with Crippen LogP contribution in [-0.2, 0) is 5.41 Å². The summed E-state index contributed by atoms with van der Waals surface area (Å²) in [4.78, 5) is 13.2. The first-order valence-electron chi connectivity index (χ1n) is 8.28. The third-order valence-electron chi connectivity index (χ3n) is 4.41. The topological polar surface area (TPSA) is 37.8 Å². The molecule has 0 amide bonds. The van der Waals surface area contributed by atoms with Crippen molar-refractivity contribution in [3.63, 3.8) is 0 Å². The van der Waals surface area contributed by atoms with Crippen LogP contribution in [0.2, 0.25) is 0 Å². The zero-order valence-electron chi connectivity index (χ0n) is 15.0. The summed E-state index contributed by atoms with van der Waals surface area (Å²) in [6.45, 7) is 10.3. The van der Waals surface area contributed by atoms with Crippen LogP contribution in [0.5, 0.6) is 0 Å². The van der Waals surface area contributed by atoms with Crippen molar-refractivity contribution < 1.29 is 0 Å². The molecular weight excluding hydrogens is 296 g/mol. The lowest BCUT2D eigenvalue weighted by molar-refractivity contribution is 0.586. The molecule has 0 atom stereocenters. The van der Waals surface area contributed by atoms with E-state index in [9.17, 15) is 4.79 Å². The number of nitrogens with zero attached hydrogens (tertiary/aromatic N) is 1. The molecule has 0 aliphatic carbocycles. The van der Waals surface area contributed by atoms with Crippen molar-refractivity contribution in [1.29, 1.82) is 0 Å². The quantitative estimate of drug-likeness (QED) is 0.727. The SMILES string of the molecule is Cc1ccccc1-c1[nH]n(-c2ccccc2C)c(=O)c1C(C)(C)C. The summed E-state index contributed by atoms with van der Waals surface area (Å²) in [5.41, 5.74) is 5.70. The number of para-hydroxylation sites is 1. The predicted octanol–water partition coefficient (Wildman–Crippen LogP) is 4.75. The number of aromatic nitrogens is 2. The van der Waals surface area contributed by atoms with Gasteiger partial charge in [0, 0.05) is 5.56 Å². The summed E-state index contributed by atoms with van der Waals surface area (Å²) in [6, 6.07) is 16.1. The minimum Gasteiger partial charge on any atom is -0.290 e. The Hall–Kier alpha value is -2.55. The predicted molar refractivity (Wildman–Crippen MR) is 100.0 cm³/mol. The van der Waals surface area contributed by atoms with Gasteiger partial charge < -0.3 is 0 Å². The lowest BCUT2D eigenvalue weighted by atomic mass is 9.85. The highest BCUT2D eigenvalue weighted by Gasteiger charge is 2.27. The molecule has 0 radical (unpaired) electrons. The van der Waals surface area contributed by atoms with Gasteiger partial charge in [0.25, 0.3) is 5.56 Å². The molecule has 0 bridgehead atoms. The lowest BCUT2D eigenvalue weighted by Crippen LogP contribution is -2.25. The average Bonchev–Trinajstić information content (AvgIpc) is 2.85. The van der Waals surface area contributed by atoms with E-state index in [4.69, 9.17) is 0 Å². The number of benzene rings is 2. The Morgan fingerprint density at radius 3 is 2.04 bits per heavy atom. The molecule has 124 valence electrons. The number of aromatic amines is 1. The van der Waals surface area contributed by atoms with Crippen LogP contribution in [0.15, 0.2) is 53.3 Å². The van der Waals surface area contributed by atoms with Crippen molar-refractivity contribution in [2.75, 3.05) is 0 Å². The fourth-order valence-corrected chi connectivity index (χ4v) is 3.17. The van der Waals surface area contributed by atoms with Crippen molar-refractivity contribution in [2.24, 2.45) is 0 Å². The summed E-state index contributed by atoms with van der Waals surface area (Å²) in [7, 11) is 0. The Morgan fingerprint density at radius 1 is 0.875 bits per heavy atom. The highest BCUT2D eigenvalue weighted by atomic mass is 16.1.